The molecule has 19 heavy (non-hydrogen) atoms. The van der Waals surface area contributed by atoms with Gasteiger partial charge in [-0.2, -0.15) is 0 Å². The lowest BCUT2D eigenvalue weighted by molar-refractivity contribution is -0.132. The van der Waals surface area contributed by atoms with E-state index < -0.39 is 0 Å². The Morgan fingerprint density at radius 2 is 2.00 bits per heavy atom. The van der Waals surface area contributed by atoms with Crippen molar-refractivity contribution < 1.29 is 4.79 Å². The Bertz CT molecular complexity index is 429. The summed E-state index contributed by atoms with van der Waals surface area (Å²) >= 11 is 5.93. The molecule has 3 nitrogen and oxygen atoms in total. The molecular formula is C14H20Cl2N2O. The van der Waals surface area contributed by atoms with Crippen LogP contribution in [0.5, 0.6) is 0 Å². The number of hydrogen-bond donors (Lipinski definition) is 1. The van der Waals surface area contributed by atoms with E-state index >= 15 is 0 Å². The maximum atomic E-state index is 12.2. The van der Waals surface area contributed by atoms with Gasteiger partial charge in [0, 0.05) is 30.2 Å². The van der Waals surface area contributed by atoms with E-state index in [0.717, 1.165) is 18.7 Å². The van der Waals surface area contributed by atoms with E-state index in [4.69, 9.17) is 11.6 Å². The van der Waals surface area contributed by atoms with Gasteiger partial charge in [-0.1, -0.05) is 23.7 Å². The van der Waals surface area contributed by atoms with Crippen molar-refractivity contribution in [2.45, 2.75) is 32.4 Å². The van der Waals surface area contributed by atoms with E-state index in [1.54, 1.807) is 0 Å². The summed E-state index contributed by atoms with van der Waals surface area (Å²) in [6, 6.07) is 8.22. The van der Waals surface area contributed by atoms with Gasteiger partial charge in [-0.05, 0) is 31.5 Å². The first-order chi connectivity index (χ1) is 8.54. The van der Waals surface area contributed by atoms with Gasteiger partial charge < -0.3 is 10.2 Å². The minimum atomic E-state index is 0. The zero-order valence-corrected chi connectivity index (χ0v) is 12.8. The molecule has 1 saturated heterocycles. The van der Waals surface area contributed by atoms with Crippen molar-refractivity contribution in [3.63, 3.8) is 0 Å². The molecule has 0 aromatic heterocycles. The number of carbonyl (C=O) groups is 1. The maximum Gasteiger partial charge on any atom is 0.227 e. The molecule has 1 aromatic rings. The van der Waals surface area contributed by atoms with Gasteiger partial charge in [-0.3, -0.25) is 4.79 Å². The SMILES string of the molecule is CC1CN(C(=O)Cc2cccc(Cl)c2)CC(C)N1.Cl. The van der Waals surface area contributed by atoms with Crippen LogP contribution < -0.4 is 5.32 Å². The van der Waals surface area contributed by atoms with Crippen molar-refractivity contribution in [3.8, 4) is 0 Å². The van der Waals surface area contributed by atoms with E-state index in [1.807, 2.05) is 29.2 Å². The van der Waals surface area contributed by atoms with E-state index in [1.165, 1.54) is 0 Å². The number of amides is 1. The van der Waals surface area contributed by atoms with Gasteiger partial charge >= 0.3 is 0 Å². The number of piperazine rings is 1. The van der Waals surface area contributed by atoms with Crippen LogP contribution in [0.2, 0.25) is 5.02 Å². The Hall–Kier alpha value is -0.770. The third kappa shape index (κ3) is 4.68. The van der Waals surface area contributed by atoms with Crippen LogP contribution in [0, 0.1) is 0 Å². The minimum absolute atomic E-state index is 0. The fraction of sp³-hybridized carbons (Fsp3) is 0.500. The summed E-state index contributed by atoms with van der Waals surface area (Å²) in [7, 11) is 0. The van der Waals surface area contributed by atoms with Crippen molar-refractivity contribution in [1.29, 1.82) is 0 Å². The van der Waals surface area contributed by atoms with Crippen molar-refractivity contribution in [1.82, 2.24) is 10.2 Å². The third-order valence-corrected chi connectivity index (χ3v) is 3.39. The van der Waals surface area contributed by atoms with Crippen molar-refractivity contribution in [2.75, 3.05) is 13.1 Å². The summed E-state index contributed by atoms with van der Waals surface area (Å²) < 4.78 is 0. The zero-order chi connectivity index (χ0) is 13.1. The van der Waals surface area contributed by atoms with Gasteiger partial charge in [0.05, 0.1) is 6.42 Å². The van der Waals surface area contributed by atoms with Crippen LogP contribution in [0.3, 0.4) is 0 Å². The van der Waals surface area contributed by atoms with Crippen LogP contribution in [0.4, 0.5) is 0 Å². The summed E-state index contributed by atoms with van der Waals surface area (Å²) in [5, 5.41) is 4.10. The van der Waals surface area contributed by atoms with Crippen LogP contribution in [0.25, 0.3) is 0 Å². The fourth-order valence-corrected chi connectivity index (χ4v) is 2.68. The smallest absolute Gasteiger partial charge is 0.227 e. The molecule has 1 aromatic carbocycles. The monoisotopic (exact) mass is 302 g/mol. The highest BCUT2D eigenvalue weighted by atomic mass is 35.5. The average molecular weight is 303 g/mol. The second kappa shape index (κ2) is 7.13. The van der Waals surface area contributed by atoms with Gasteiger partial charge in [0.1, 0.15) is 0 Å². The minimum Gasteiger partial charge on any atom is -0.339 e. The van der Waals surface area contributed by atoms with Gasteiger partial charge in [0.25, 0.3) is 0 Å². The molecule has 1 heterocycles. The van der Waals surface area contributed by atoms with Crippen molar-refractivity contribution >= 4 is 29.9 Å². The summed E-state index contributed by atoms with van der Waals surface area (Å²) in [6.07, 6.45) is 0.431. The Labute approximate surface area is 125 Å². The molecule has 0 bridgehead atoms. The molecule has 1 aliphatic rings. The number of rotatable bonds is 2. The zero-order valence-electron chi connectivity index (χ0n) is 11.2. The molecular weight excluding hydrogens is 283 g/mol. The predicted octanol–water partition coefficient (Wildman–Crippen LogP) is 2.51. The largest absolute Gasteiger partial charge is 0.339 e. The number of halogens is 2. The summed E-state index contributed by atoms with van der Waals surface area (Å²) in [6.45, 7) is 5.78. The number of nitrogens with one attached hydrogen (secondary N) is 1. The summed E-state index contributed by atoms with van der Waals surface area (Å²) in [5.41, 5.74) is 0.978. The van der Waals surface area contributed by atoms with E-state index in [-0.39, 0.29) is 18.3 Å². The average Bonchev–Trinajstić information content (AvgIpc) is 2.27. The van der Waals surface area contributed by atoms with Crippen LogP contribution in [0.1, 0.15) is 19.4 Å². The molecule has 0 aliphatic carbocycles. The summed E-state index contributed by atoms with van der Waals surface area (Å²) in [5.74, 6) is 0.178. The standard InChI is InChI=1S/C14H19ClN2O.ClH/c1-10-8-17(9-11(2)16-10)14(18)7-12-4-3-5-13(15)6-12;/h3-6,10-11,16H,7-9H2,1-2H3;1H. The number of carbonyl (C=O) groups excluding carboxylic acids is 1. The van der Waals surface area contributed by atoms with Crippen molar-refractivity contribution in [3.05, 3.63) is 34.9 Å². The molecule has 2 atom stereocenters. The Morgan fingerprint density at radius 3 is 2.58 bits per heavy atom. The quantitative estimate of drug-likeness (QED) is 0.910. The molecule has 5 heteroatoms. The van der Waals surface area contributed by atoms with Crippen LogP contribution >= 0.6 is 24.0 Å². The molecule has 1 fully saturated rings. The molecule has 1 amide bonds. The highest BCUT2D eigenvalue weighted by molar-refractivity contribution is 6.30. The van der Waals surface area contributed by atoms with E-state index in [2.05, 4.69) is 19.2 Å². The topological polar surface area (TPSA) is 32.3 Å². The highest BCUT2D eigenvalue weighted by Gasteiger charge is 2.24. The second-order valence-corrected chi connectivity index (χ2v) is 5.51. The second-order valence-electron chi connectivity index (χ2n) is 5.07. The van der Waals surface area contributed by atoms with Crippen LogP contribution in [-0.4, -0.2) is 36.0 Å². The molecule has 1 N–H and O–H groups in total. The third-order valence-electron chi connectivity index (χ3n) is 3.15. The lowest BCUT2D eigenvalue weighted by Gasteiger charge is -2.36. The van der Waals surface area contributed by atoms with Crippen LogP contribution in [-0.2, 0) is 11.2 Å². The molecule has 2 unspecified atom stereocenters. The Balaban J connectivity index is 0.00000180. The molecule has 106 valence electrons. The first kappa shape index (κ1) is 16.3. The van der Waals surface area contributed by atoms with E-state index in [0.29, 0.717) is 23.5 Å². The predicted molar refractivity (Wildman–Crippen MR) is 81.0 cm³/mol. The lowest BCUT2D eigenvalue weighted by atomic mass is 10.1. The first-order valence-electron chi connectivity index (χ1n) is 6.33. The Morgan fingerprint density at radius 1 is 1.37 bits per heavy atom. The van der Waals surface area contributed by atoms with Crippen LogP contribution in [0.15, 0.2) is 24.3 Å². The Kier molecular flexibility index (Phi) is 6.11. The molecule has 0 saturated carbocycles. The van der Waals surface area contributed by atoms with Gasteiger partial charge in [0.2, 0.25) is 5.91 Å². The number of hydrogen-bond acceptors (Lipinski definition) is 2. The first-order valence-corrected chi connectivity index (χ1v) is 6.70. The molecule has 1 aliphatic heterocycles. The van der Waals surface area contributed by atoms with Gasteiger partial charge in [0.15, 0.2) is 0 Å². The lowest BCUT2D eigenvalue weighted by Crippen LogP contribution is -2.56. The fourth-order valence-electron chi connectivity index (χ4n) is 2.46. The van der Waals surface area contributed by atoms with Gasteiger partial charge in [-0.15, -0.1) is 12.4 Å². The molecule has 0 spiro atoms. The van der Waals surface area contributed by atoms with Gasteiger partial charge in [-0.25, -0.2) is 0 Å². The number of nitrogens with zero attached hydrogens (tertiary/aromatic N) is 1. The normalized spacial score (nSPS) is 22.8. The summed E-state index contributed by atoms with van der Waals surface area (Å²) in [4.78, 5) is 14.2. The molecule has 2 rings (SSSR count). The van der Waals surface area contributed by atoms with E-state index in [9.17, 15) is 4.79 Å². The molecule has 0 radical (unpaired) electrons. The van der Waals surface area contributed by atoms with Crippen molar-refractivity contribution in [2.24, 2.45) is 0 Å². The number of benzene rings is 1. The maximum absolute atomic E-state index is 12.2. The highest BCUT2D eigenvalue weighted by Crippen LogP contribution is 2.13.